The van der Waals surface area contributed by atoms with E-state index in [1.807, 2.05) is 0 Å². The SMILES string of the molecule is OCC1(C2CCCNC2)CCCC1. The van der Waals surface area contributed by atoms with Crippen molar-refractivity contribution in [2.45, 2.75) is 38.5 Å². The third-order valence-corrected chi connectivity index (χ3v) is 4.08. The number of nitrogens with one attached hydrogen (secondary N) is 1. The summed E-state index contributed by atoms with van der Waals surface area (Å²) in [6.07, 6.45) is 7.81. The van der Waals surface area contributed by atoms with Crippen molar-refractivity contribution in [1.29, 1.82) is 0 Å². The summed E-state index contributed by atoms with van der Waals surface area (Å²) < 4.78 is 0. The summed E-state index contributed by atoms with van der Waals surface area (Å²) in [6.45, 7) is 2.73. The zero-order valence-corrected chi connectivity index (χ0v) is 8.39. The minimum Gasteiger partial charge on any atom is -0.396 e. The van der Waals surface area contributed by atoms with Crippen molar-refractivity contribution in [3.8, 4) is 0 Å². The number of hydrogen-bond donors (Lipinski definition) is 2. The van der Waals surface area contributed by atoms with Crippen LogP contribution in [0.2, 0.25) is 0 Å². The Morgan fingerprint density at radius 1 is 1.23 bits per heavy atom. The van der Waals surface area contributed by atoms with Crippen molar-refractivity contribution < 1.29 is 5.11 Å². The van der Waals surface area contributed by atoms with Gasteiger partial charge in [-0.25, -0.2) is 0 Å². The van der Waals surface area contributed by atoms with Crippen molar-refractivity contribution in [3.63, 3.8) is 0 Å². The molecule has 1 heterocycles. The Labute approximate surface area is 80.7 Å². The van der Waals surface area contributed by atoms with Gasteiger partial charge in [-0.15, -0.1) is 0 Å². The second-order valence-electron chi connectivity index (χ2n) is 4.77. The molecule has 0 aromatic carbocycles. The summed E-state index contributed by atoms with van der Waals surface area (Å²) in [5.74, 6) is 0.744. The molecule has 1 atom stereocenters. The molecular weight excluding hydrogens is 162 g/mol. The zero-order chi connectivity index (χ0) is 9.15. The van der Waals surface area contributed by atoms with Crippen molar-refractivity contribution >= 4 is 0 Å². The summed E-state index contributed by atoms with van der Waals surface area (Å²) in [7, 11) is 0. The average molecular weight is 183 g/mol. The molecule has 1 aliphatic heterocycles. The van der Waals surface area contributed by atoms with Crippen LogP contribution in [-0.4, -0.2) is 24.8 Å². The molecule has 0 radical (unpaired) electrons. The molecule has 1 saturated carbocycles. The van der Waals surface area contributed by atoms with E-state index in [2.05, 4.69) is 5.32 Å². The van der Waals surface area contributed by atoms with Crippen LogP contribution in [0.3, 0.4) is 0 Å². The van der Waals surface area contributed by atoms with Crippen molar-refractivity contribution in [1.82, 2.24) is 5.32 Å². The molecule has 2 nitrogen and oxygen atoms in total. The second-order valence-corrected chi connectivity index (χ2v) is 4.77. The Morgan fingerprint density at radius 3 is 2.54 bits per heavy atom. The number of hydrogen-bond acceptors (Lipinski definition) is 2. The molecule has 1 aliphatic carbocycles. The number of rotatable bonds is 2. The van der Waals surface area contributed by atoms with Gasteiger partial charge in [0, 0.05) is 6.61 Å². The molecule has 0 aromatic rings. The largest absolute Gasteiger partial charge is 0.396 e. The Balaban J connectivity index is 2.01. The molecule has 76 valence electrons. The lowest BCUT2D eigenvalue weighted by molar-refractivity contribution is 0.0525. The van der Waals surface area contributed by atoms with Crippen LogP contribution in [-0.2, 0) is 0 Å². The van der Waals surface area contributed by atoms with Crippen LogP contribution in [0, 0.1) is 11.3 Å². The first-order valence-corrected chi connectivity index (χ1v) is 5.69. The highest BCUT2D eigenvalue weighted by atomic mass is 16.3. The van der Waals surface area contributed by atoms with Gasteiger partial charge in [-0.05, 0) is 50.1 Å². The molecule has 0 spiro atoms. The van der Waals surface area contributed by atoms with Gasteiger partial charge in [-0.3, -0.25) is 0 Å². The van der Waals surface area contributed by atoms with E-state index < -0.39 is 0 Å². The van der Waals surface area contributed by atoms with Gasteiger partial charge in [0.05, 0.1) is 0 Å². The highest BCUT2D eigenvalue weighted by Crippen LogP contribution is 2.45. The molecular formula is C11H21NO. The van der Waals surface area contributed by atoms with Crippen molar-refractivity contribution in [2.24, 2.45) is 11.3 Å². The molecule has 2 aliphatic rings. The highest BCUT2D eigenvalue weighted by Gasteiger charge is 2.40. The van der Waals surface area contributed by atoms with E-state index in [1.54, 1.807) is 0 Å². The van der Waals surface area contributed by atoms with Gasteiger partial charge in [-0.2, -0.15) is 0 Å². The number of aliphatic hydroxyl groups is 1. The molecule has 2 fully saturated rings. The van der Waals surface area contributed by atoms with E-state index in [1.165, 1.54) is 45.1 Å². The molecule has 0 aromatic heterocycles. The van der Waals surface area contributed by atoms with Gasteiger partial charge in [0.2, 0.25) is 0 Å². The molecule has 0 amide bonds. The van der Waals surface area contributed by atoms with Gasteiger partial charge in [0.25, 0.3) is 0 Å². The van der Waals surface area contributed by atoms with E-state index in [9.17, 15) is 5.11 Å². The lowest BCUT2D eigenvalue weighted by Crippen LogP contribution is -2.42. The number of aliphatic hydroxyl groups excluding tert-OH is 1. The summed E-state index contributed by atoms with van der Waals surface area (Å²) in [5, 5.41) is 13.0. The lowest BCUT2D eigenvalue weighted by Gasteiger charge is -2.38. The summed E-state index contributed by atoms with van der Waals surface area (Å²) in [6, 6.07) is 0. The van der Waals surface area contributed by atoms with E-state index in [4.69, 9.17) is 0 Å². The minimum atomic E-state index is 0.299. The second kappa shape index (κ2) is 3.97. The molecule has 13 heavy (non-hydrogen) atoms. The first kappa shape index (κ1) is 9.47. The van der Waals surface area contributed by atoms with Gasteiger partial charge >= 0.3 is 0 Å². The summed E-state index contributed by atoms with van der Waals surface area (Å²) in [5.41, 5.74) is 0.299. The maximum absolute atomic E-state index is 9.54. The maximum Gasteiger partial charge on any atom is 0.0490 e. The Kier molecular flexibility index (Phi) is 2.89. The fourth-order valence-electron chi connectivity index (χ4n) is 3.15. The van der Waals surface area contributed by atoms with Crippen LogP contribution >= 0.6 is 0 Å². The predicted octanol–water partition coefficient (Wildman–Crippen LogP) is 1.54. The van der Waals surface area contributed by atoms with Crippen molar-refractivity contribution in [2.75, 3.05) is 19.7 Å². The minimum absolute atomic E-state index is 0.299. The van der Waals surface area contributed by atoms with E-state index >= 15 is 0 Å². The topological polar surface area (TPSA) is 32.3 Å². The fraction of sp³-hybridized carbons (Fsp3) is 1.00. The first-order valence-electron chi connectivity index (χ1n) is 5.69. The standard InChI is InChI=1S/C11H21NO/c13-9-11(5-1-2-6-11)10-4-3-7-12-8-10/h10,12-13H,1-9H2. The predicted molar refractivity (Wildman–Crippen MR) is 53.6 cm³/mol. The normalized spacial score (nSPS) is 33.5. The van der Waals surface area contributed by atoms with E-state index in [-0.39, 0.29) is 0 Å². The highest BCUT2D eigenvalue weighted by molar-refractivity contribution is 4.92. The third-order valence-electron chi connectivity index (χ3n) is 4.08. The van der Waals surface area contributed by atoms with Gasteiger partial charge < -0.3 is 10.4 Å². The third kappa shape index (κ3) is 1.75. The molecule has 0 bridgehead atoms. The maximum atomic E-state index is 9.54. The zero-order valence-electron chi connectivity index (χ0n) is 8.39. The van der Waals surface area contributed by atoms with Crippen LogP contribution < -0.4 is 5.32 Å². The first-order chi connectivity index (χ1) is 6.37. The Bertz CT molecular complexity index is 157. The molecule has 2 rings (SSSR count). The lowest BCUT2D eigenvalue weighted by atomic mass is 9.71. The number of piperidine rings is 1. The van der Waals surface area contributed by atoms with Crippen LogP contribution in [0.1, 0.15) is 38.5 Å². The fourth-order valence-corrected chi connectivity index (χ4v) is 3.15. The monoisotopic (exact) mass is 183 g/mol. The molecule has 1 saturated heterocycles. The van der Waals surface area contributed by atoms with E-state index in [0.717, 1.165) is 12.5 Å². The quantitative estimate of drug-likeness (QED) is 0.680. The van der Waals surface area contributed by atoms with Crippen LogP contribution in [0.15, 0.2) is 0 Å². The van der Waals surface area contributed by atoms with Crippen LogP contribution in [0.5, 0.6) is 0 Å². The van der Waals surface area contributed by atoms with Gasteiger partial charge in [0.15, 0.2) is 0 Å². The summed E-state index contributed by atoms with van der Waals surface area (Å²) in [4.78, 5) is 0. The van der Waals surface area contributed by atoms with Gasteiger partial charge in [0.1, 0.15) is 0 Å². The molecule has 2 heteroatoms. The van der Waals surface area contributed by atoms with E-state index in [0.29, 0.717) is 12.0 Å². The molecule has 2 N–H and O–H groups in total. The van der Waals surface area contributed by atoms with Crippen LogP contribution in [0.25, 0.3) is 0 Å². The Morgan fingerprint density at radius 2 is 2.00 bits per heavy atom. The smallest absolute Gasteiger partial charge is 0.0490 e. The van der Waals surface area contributed by atoms with Gasteiger partial charge in [-0.1, -0.05) is 12.8 Å². The van der Waals surface area contributed by atoms with Crippen LogP contribution in [0.4, 0.5) is 0 Å². The Hall–Kier alpha value is -0.0800. The summed E-state index contributed by atoms with van der Waals surface area (Å²) >= 11 is 0. The molecule has 1 unspecified atom stereocenters. The van der Waals surface area contributed by atoms with Crippen molar-refractivity contribution in [3.05, 3.63) is 0 Å². The average Bonchev–Trinajstić information content (AvgIpc) is 2.69.